The number of carbonyl (C=O) groups excluding carboxylic acids is 1. The topological polar surface area (TPSA) is 54.7 Å². The van der Waals surface area contributed by atoms with Gasteiger partial charge in [0.1, 0.15) is 0 Å². The predicted octanol–water partition coefficient (Wildman–Crippen LogP) is 1.71. The number of carbonyl (C=O) groups is 1. The Kier molecular flexibility index (Phi) is 5.06. The van der Waals surface area contributed by atoms with Crippen LogP contribution in [0.4, 0.5) is 0 Å². The summed E-state index contributed by atoms with van der Waals surface area (Å²) in [4.78, 5) is 14.1. The quantitative estimate of drug-likeness (QED) is 0.859. The molecule has 0 radical (unpaired) electrons. The zero-order valence-corrected chi connectivity index (χ0v) is 13.4. The van der Waals surface area contributed by atoms with Gasteiger partial charge in [0, 0.05) is 31.5 Å². The standard InChI is InChI=1S/C16H26N2O3/c1-11-15(16(20)21-4)8-14(17(11)3)10-18-7-5-6-13(9-18)12(2)19/h8,12-13,19H,5-7,9-10H2,1-4H3. The molecule has 2 atom stereocenters. The minimum atomic E-state index is -0.283. The fourth-order valence-electron chi connectivity index (χ4n) is 3.09. The third-order valence-electron chi connectivity index (χ3n) is 4.65. The second-order valence-corrected chi connectivity index (χ2v) is 6.06. The highest BCUT2D eigenvalue weighted by atomic mass is 16.5. The first-order valence-corrected chi connectivity index (χ1v) is 7.58. The van der Waals surface area contributed by atoms with Crippen LogP contribution in [-0.2, 0) is 18.3 Å². The number of methoxy groups -OCH3 is 1. The van der Waals surface area contributed by atoms with Crippen molar-refractivity contribution in [3.63, 3.8) is 0 Å². The van der Waals surface area contributed by atoms with E-state index in [0.717, 1.165) is 43.9 Å². The summed E-state index contributed by atoms with van der Waals surface area (Å²) in [6, 6.07) is 1.92. The average Bonchev–Trinajstić information content (AvgIpc) is 2.75. The van der Waals surface area contributed by atoms with Crippen molar-refractivity contribution in [2.45, 2.75) is 39.3 Å². The van der Waals surface area contributed by atoms with E-state index in [2.05, 4.69) is 9.47 Å². The van der Waals surface area contributed by atoms with E-state index in [4.69, 9.17) is 4.74 Å². The van der Waals surface area contributed by atoms with Crippen molar-refractivity contribution in [2.75, 3.05) is 20.2 Å². The number of aliphatic hydroxyl groups excluding tert-OH is 1. The first kappa shape index (κ1) is 16.0. The van der Waals surface area contributed by atoms with Crippen LogP contribution >= 0.6 is 0 Å². The molecule has 118 valence electrons. The van der Waals surface area contributed by atoms with Gasteiger partial charge in [0.25, 0.3) is 0 Å². The summed E-state index contributed by atoms with van der Waals surface area (Å²) in [5, 5.41) is 9.78. The lowest BCUT2D eigenvalue weighted by Crippen LogP contribution is -2.39. The monoisotopic (exact) mass is 294 g/mol. The fourth-order valence-corrected chi connectivity index (χ4v) is 3.09. The highest BCUT2D eigenvalue weighted by Crippen LogP contribution is 2.23. The van der Waals surface area contributed by atoms with E-state index in [0.29, 0.717) is 11.5 Å². The smallest absolute Gasteiger partial charge is 0.339 e. The largest absolute Gasteiger partial charge is 0.465 e. The summed E-state index contributed by atoms with van der Waals surface area (Å²) in [7, 11) is 3.39. The molecule has 2 rings (SSSR count). The third kappa shape index (κ3) is 3.47. The van der Waals surface area contributed by atoms with Gasteiger partial charge in [0.15, 0.2) is 0 Å². The Morgan fingerprint density at radius 1 is 1.57 bits per heavy atom. The van der Waals surface area contributed by atoms with Gasteiger partial charge in [-0.3, -0.25) is 4.90 Å². The van der Waals surface area contributed by atoms with E-state index in [1.54, 1.807) is 0 Å². The maximum atomic E-state index is 11.8. The van der Waals surface area contributed by atoms with Gasteiger partial charge in [0.05, 0.1) is 18.8 Å². The number of nitrogens with zero attached hydrogens (tertiary/aromatic N) is 2. The number of hydrogen-bond donors (Lipinski definition) is 1. The second-order valence-electron chi connectivity index (χ2n) is 6.06. The number of hydrogen-bond acceptors (Lipinski definition) is 4. The van der Waals surface area contributed by atoms with Gasteiger partial charge in [0.2, 0.25) is 0 Å². The molecule has 1 saturated heterocycles. The Labute approximate surface area is 126 Å². The van der Waals surface area contributed by atoms with E-state index in [9.17, 15) is 9.90 Å². The highest BCUT2D eigenvalue weighted by molar-refractivity contribution is 5.91. The maximum absolute atomic E-state index is 11.8. The van der Waals surface area contributed by atoms with Gasteiger partial charge in [-0.25, -0.2) is 4.79 Å². The van der Waals surface area contributed by atoms with Crippen LogP contribution in [0.1, 0.15) is 41.5 Å². The van der Waals surface area contributed by atoms with E-state index in [-0.39, 0.29) is 12.1 Å². The van der Waals surface area contributed by atoms with E-state index in [1.807, 2.05) is 27.0 Å². The average molecular weight is 294 g/mol. The lowest BCUT2D eigenvalue weighted by atomic mass is 9.93. The van der Waals surface area contributed by atoms with Crippen LogP contribution in [0.2, 0.25) is 0 Å². The van der Waals surface area contributed by atoms with Crippen molar-refractivity contribution in [3.05, 3.63) is 23.0 Å². The summed E-state index contributed by atoms with van der Waals surface area (Å²) >= 11 is 0. The van der Waals surface area contributed by atoms with Crippen LogP contribution in [0, 0.1) is 12.8 Å². The van der Waals surface area contributed by atoms with Crippen molar-refractivity contribution in [1.82, 2.24) is 9.47 Å². The zero-order valence-electron chi connectivity index (χ0n) is 13.4. The van der Waals surface area contributed by atoms with E-state index < -0.39 is 0 Å². The Morgan fingerprint density at radius 3 is 2.90 bits per heavy atom. The molecule has 0 spiro atoms. The molecule has 1 N–H and O–H groups in total. The number of aromatic nitrogens is 1. The van der Waals surface area contributed by atoms with Gasteiger partial charge < -0.3 is 14.4 Å². The molecule has 5 nitrogen and oxygen atoms in total. The van der Waals surface area contributed by atoms with Crippen LogP contribution < -0.4 is 0 Å². The van der Waals surface area contributed by atoms with Crippen molar-refractivity contribution >= 4 is 5.97 Å². The van der Waals surface area contributed by atoms with E-state index >= 15 is 0 Å². The first-order chi connectivity index (χ1) is 9.93. The Hall–Kier alpha value is -1.33. The number of likely N-dealkylation sites (tertiary alicyclic amines) is 1. The second kappa shape index (κ2) is 6.62. The van der Waals surface area contributed by atoms with Gasteiger partial charge in [-0.1, -0.05) is 0 Å². The minimum absolute atomic E-state index is 0.256. The molecule has 5 heteroatoms. The minimum Gasteiger partial charge on any atom is -0.465 e. The predicted molar refractivity (Wildman–Crippen MR) is 81.2 cm³/mol. The van der Waals surface area contributed by atoms with Crippen molar-refractivity contribution in [1.29, 1.82) is 0 Å². The molecular formula is C16H26N2O3. The number of rotatable bonds is 4. The molecule has 1 aromatic heterocycles. The Bertz CT molecular complexity index is 508. The molecule has 0 saturated carbocycles. The van der Waals surface area contributed by atoms with Gasteiger partial charge in [-0.2, -0.15) is 0 Å². The molecule has 1 aliphatic heterocycles. The molecular weight excluding hydrogens is 268 g/mol. The molecule has 1 aliphatic rings. The van der Waals surface area contributed by atoms with Crippen LogP contribution in [0.5, 0.6) is 0 Å². The molecule has 21 heavy (non-hydrogen) atoms. The molecule has 0 aromatic carbocycles. The molecule has 2 unspecified atom stereocenters. The van der Waals surface area contributed by atoms with Crippen molar-refractivity contribution in [3.8, 4) is 0 Å². The third-order valence-corrected chi connectivity index (χ3v) is 4.65. The zero-order chi connectivity index (χ0) is 15.6. The molecule has 1 fully saturated rings. The van der Waals surface area contributed by atoms with Crippen molar-refractivity contribution < 1.29 is 14.6 Å². The SMILES string of the molecule is COC(=O)c1cc(CN2CCCC(C(C)O)C2)n(C)c1C. The molecule has 0 bridgehead atoms. The van der Waals surface area contributed by atoms with Gasteiger partial charge >= 0.3 is 5.97 Å². The number of ether oxygens (including phenoxy) is 1. The van der Waals surface area contributed by atoms with Crippen molar-refractivity contribution in [2.24, 2.45) is 13.0 Å². The normalized spacial score (nSPS) is 21.3. The summed E-state index contributed by atoms with van der Waals surface area (Å²) < 4.78 is 6.88. The fraction of sp³-hybridized carbons (Fsp3) is 0.688. The Balaban J connectivity index is 2.11. The molecule has 2 heterocycles. The Morgan fingerprint density at radius 2 is 2.29 bits per heavy atom. The number of piperidine rings is 1. The summed E-state index contributed by atoms with van der Waals surface area (Å²) in [5.41, 5.74) is 2.68. The lowest BCUT2D eigenvalue weighted by molar-refractivity contribution is 0.0591. The number of esters is 1. The van der Waals surface area contributed by atoms with E-state index in [1.165, 1.54) is 7.11 Å². The van der Waals surface area contributed by atoms with Crippen LogP contribution in [0.3, 0.4) is 0 Å². The maximum Gasteiger partial charge on any atom is 0.339 e. The van der Waals surface area contributed by atoms with Gasteiger partial charge in [-0.05, 0) is 45.2 Å². The van der Waals surface area contributed by atoms with Crippen LogP contribution in [0.25, 0.3) is 0 Å². The summed E-state index contributed by atoms with van der Waals surface area (Å²) in [5.74, 6) is 0.0649. The summed E-state index contributed by atoms with van der Waals surface area (Å²) in [6.45, 7) is 6.56. The highest BCUT2D eigenvalue weighted by Gasteiger charge is 2.25. The molecule has 0 amide bonds. The number of aliphatic hydroxyl groups is 1. The first-order valence-electron chi connectivity index (χ1n) is 7.58. The molecule has 1 aromatic rings. The van der Waals surface area contributed by atoms with Crippen LogP contribution in [-0.4, -0.2) is 46.8 Å². The van der Waals surface area contributed by atoms with Gasteiger partial charge in [-0.15, -0.1) is 0 Å². The van der Waals surface area contributed by atoms with Crippen LogP contribution in [0.15, 0.2) is 6.07 Å². The molecule has 0 aliphatic carbocycles. The lowest BCUT2D eigenvalue weighted by Gasteiger charge is -2.34. The summed E-state index contributed by atoms with van der Waals surface area (Å²) in [6.07, 6.45) is 1.95.